The van der Waals surface area contributed by atoms with Gasteiger partial charge < -0.3 is 15.7 Å². The molecule has 3 N–H and O–H groups in total. The molecule has 0 aromatic rings. The predicted octanol–water partition coefficient (Wildman–Crippen LogP) is -0.0677. The number of piperidine rings is 1. The Bertz CT molecular complexity index is 449. The molecule has 1 fully saturated rings. The average Bonchev–Trinajstić information content (AvgIpc) is 2.38. The van der Waals surface area contributed by atoms with E-state index in [1.54, 1.807) is 0 Å². The zero-order valence-corrected chi connectivity index (χ0v) is 12.4. The van der Waals surface area contributed by atoms with Gasteiger partial charge in [-0.3, -0.25) is 14.5 Å². The van der Waals surface area contributed by atoms with Crippen LogP contribution in [-0.4, -0.2) is 53.0 Å². The van der Waals surface area contributed by atoms with Crippen molar-refractivity contribution in [2.45, 2.75) is 45.2 Å². The van der Waals surface area contributed by atoms with E-state index in [1.807, 2.05) is 13.8 Å². The Labute approximate surface area is 122 Å². The zero-order valence-electron chi connectivity index (χ0n) is 12.4. The minimum absolute atomic E-state index is 0.103. The summed E-state index contributed by atoms with van der Waals surface area (Å²) in [4.78, 5) is 47.0. The third-order valence-electron chi connectivity index (χ3n) is 3.27. The number of urea groups is 1. The van der Waals surface area contributed by atoms with Gasteiger partial charge in [0, 0.05) is 13.5 Å². The summed E-state index contributed by atoms with van der Waals surface area (Å²) >= 11 is 0. The SMILES string of the molecule is CC(C)C[C@H](NC(=O)NC1CCC(=O)N(C)C1=O)C(=O)O. The molecule has 2 atom stereocenters. The third kappa shape index (κ3) is 4.73. The second-order valence-electron chi connectivity index (χ2n) is 5.52. The summed E-state index contributed by atoms with van der Waals surface area (Å²) in [5, 5.41) is 13.8. The van der Waals surface area contributed by atoms with Crippen LogP contribution in [0.2, 0.25) is 0 Å². The fraction of sp³-hybridized carbons (Fsp3) is 0.692. The first-order valence-corrected chi connectivity index (χ1v) is 6.82. The van der Waals surface area contributed by atoms with Gasteiger partial charge >= 0.3 is 12.0 Å². The molecule has 1 unspecified atom stereocenters. The summed E-state index contributed by atoms with van der Waals surface area (Å²) in [5.41, 5.74) is 0. The standard InChI is InChI=1S/C13H21N3O5/c1-7(2)6-9(12(19)20)15-13(21)14-8-4-5-10(17)16(3)11(8)18/h7-9H,4-6H2,1-3H3,(H,19,20)(H2,14,15,21)/t8?,9-/m0/s1. The van der Waals surface area contributed by atoms with Gasteiger partial charge in [-0.05, 0) is 18.8 Å². The van der Waals surface area contributed by atoms with Gasteiger partial charge in [-0.2, -0.15) is 0 Å². The Morgan fingerprint density at radius 1 is 1.38 bits per heavy atom. The number of aliphatic carboxylic acids is 1. The molecular formula is C13H21N3O5. The Hall–Kier alpha value is -2.12. The maximum atomic E-state index is 11.8. The second kappa shape index (κ2) is 7.05. The average molecular weight is 299 g/mol. The molecular weight excluding hydrogens is 278 g/mol. The molecule has 0 saturated carbocycles. The van der Waals surface area contributed by atoms with E-state index in [0.29, 0.717) is 6.42 Å². The maximum Gasteiger partial charge on any atom is 0.326 e. The smallest absolute Gasteiger partial charge is 0.326 e. The quantitative estimate of drug-likeness (QED) is 0.615. The van der Waals surface area contributed by atoms with Gasteiger partial charge in [0.15, 0.2) is 0 Å². The van der Waals surface area contributed by atoms with Crippen LogP contribution in [0.5, 0.6) is 0 Å². The second-order valence-corrected chi connectivity index (χ2v) is 5.52. The predicted molar refractivity (Wildman–Crippen MR) is 73.3 cm³/mol. The van der Waals surface area contributed by atoms with Crippen molar-refractivity contribution in [1.29, 1.82) is 0 Å². The van der Waals surface area contributed by atoms with Crippen molar-refractivity contribution in [3.63, 3.8) is 0 Å². The molecule has 4 amide bonds. The summed E-state index contributed by atoms with van der Waals surface area (Å²) in [6.07, 6.45) is 0.679. The van der Waals surface area contributed by atoms with Crippen LogP contribution in [0.25, 0.3) is 0 Å². The van der Waals surface area contributed by atoms with Gasteiger partial charge in [-0.25, -0.2) is 9.59 Å². The van der Waals surface area contributed by atoms with Crippen LogP contribution in [0.1, 0.15) is 33.1 Å². The monoisotopic (exact) mass is 299 g/mol. The molecule has 0 aliphatic carbocycles. The highest BCUT2D eigenvalue weighted by molar-refractivity contribution is 6.01. The number of likely N-dealkylation sites (N-methyl/N-ethyl adjacent to an activating group) is 1. The lowest BCUT2D eigenvalue weighted by Gasteiger charge is -2.28. The Morgan fingerprint density at radius 3 is 2.52 bits per heavy atom. The van der Waals surface area contributed by atoms with E-state index in [0.717, 1.165) is 4.90 Å². The summed E-state index contributed by atoms with van der Waals surface area (Å²) in [7, 11) is 1.36. The summed E-state index contributed by atoms with van der Waals surface area (Å²) in [6, 6.07) is -2.53. The number of hydrogen-bond donors (Lipinski definition) is 3. The number of carboxylic acid groups (broad SMARTS) is 1. The first-order valence-electron chi connectivity index (χ1n) is 6.82. The van der Waals surface area contributed by atoms with Crippen molar-refractivity contribution in [3.8, 4) is 0 Å². The van der Waals surface area contributed by atoms with Gasteiger partial charge in [-0.15, -0.1) is 0 Å². The van der Waals surface area contributed by atoms with Crippen molar-refractivity contribution >= 4 is 23.8 Å². The first-order chi connectivity index (χ1) is 9.72. The maximum absolute atomic E-state index is 11.8. The lowest BCUT2D eigenvalue weighted by molar-refractivity contribution is -0.147. The van der Waals surface area contributed by atoms with Gasteiger partial charge in [0.25, 0.3) is 5.91 Å². The van der Waals surface area contributed by atoms with E-state index in [-0.39, 0.29) is 24.7 Å². The molecule has 1 heterocycles. The Balaban J connectivity index is 2.58. The topological polar surface area (TPSA) is 116 Å². The molecule has 1 aliphatic heterocycles. The molecule has 1 saturated heterocycles. The first kappa shape index (κ1) is 16.9. The molecule has 0 bridgehead atoms. The van der Waals surface area contributed by atoms with Crippen LogP contribution in [0.15, 0.2) is 0 Å². The fourth-order valence-electron chi connectivity index (χ4n) is 2.10. The van der Waals surface area contributed by atoms with E-state index in [4.69, 9.17) is 5.11 Å². The van der Waals surface area contributed by atoms with Crippen LogP contribution in [0.3, 0.4) is 0 Å². The Morgan fingerprint density at radius 2 is 2.00 bits per heavy atom. The van der Waals surface area contributed by atoms with Crippen LogP contribution in [0, 0.1) is 5.92 Å². The number of hydrogen-bond acceptors (Lipinski definition) is 4. The molecule has 0 radical (unpaired) electrons. The van der Waals surface area contributed by atoms with Crippen LogP contribution < -0.4 is 10.6 Å². The van der Waals surface area contributed by atoms with Gasteiger partial charge in [-0.1, -0.05) is 13.8 Å². The molecule has 8 nitrogen and oxygen atoms in total. The molecule has 8 heteroatoms. The van der Waals surface area contributed by atoms with Crippen molar-refractivity contribution < 1.29 is 24.3 Å². The Kier molecular flexibility index (Phi) is 5.69. The number of amides is 4. The van der Waals surface area contributed by atoms with E-state index in [1.165, 1.54) is 7.05 Å². The van der Waals surface area contributed by atoms with E-state index < -0.39 is 30.0 Å². The van der Waals surface area contributed by atoms with E-state index in [2.05, 4.69) is 10.6 Å². The van der Waals surface area contributed by atoms with Crippen molar-refractivity contribution in [2.75, 3.05) is 7.05 Å². The van der Waals surface area contributed by atoms with Gasteiger partial charge in [0.2, 0.25) is 5.91 Å². The number of nitrogens with one attached hydrogen (secondary N) is 2. The molecule has 0 spiro atoms. The van der Waals surface area contributed by atoms with Crippen LogP contribution in [-0.2, 0) is 14.4 Å². The minimum Gasteiger partial charge on any atom is -0.480 e. The van der Waals surface area contributed by atoms with Crippen LogP contribution in [0.4, 0.5) is 4.79 Å². The summed E-state index contributed by atoms with van der Waals surface area (Å²) in [5.74, 6) is -1.80. The van der Waals surface area contributed by atoms with E-state index >= 15 is 0 Å². The number of carbonyl (C=O) groups is 4. The number of likely N-dealkylation sites (tertiary alicyclic amines) is 1. The van der Waals surface area contributed by atoms with Gasteiger partial charge in [0.05, 0.1) is 0 Å². The number of nitrogens with zero attached hydrogens (tertiary/aromatic N) is 1. The van der Waals surface area contributed by atoms with Crippen molar-refractivity contribution in [2.24, 2.45) is 5.92 Å². The number of carbonyl (C=O) groups excluding carboxylic acids is 3. The highest BCUT2D eigenvalue weighted by Crippen LogP contribution is 2.11. The van der Waals surface area contributed by atoms with Crippen LogP contribution >= 0.6 is 0 Å². The van der Waals surface area contributed by atoms with Crippen molar-refractivity contribution in [3.05, 3.63) is 0 Å². The zero-order chi connectivity index (χ0) is 16.2. The largest absolute Gasteiger partial charge is 0.480 e. The number of imide groups is 1. The lowest BCUT2D eigenvalue weighted by atomic mass is 10.0. The van der Waals surface area contributed by atoms with E-state index in [9.17, 15) is 19.2 Å². The molecule has 21 heavy (non-hydrogen) atoms. The highest BCUT2D eigenvalue weighted by Gasteiger charge is 2.33. The van der Waals surface area contributed by atoms with Crippen molar-refractivity contribution in [1.82, 2.24) is 15.5 Å². The minimum atomic E-state index is -1.12. The third-order valence-corrected chi connectivity index (χ3v) is 3.27. The molecule has 118 valence electrons. The molecule has 0 aromatic carbocycles. The molecule has 0 aromatic heterocycles. The summed E-state index contributed by atoms with van der Waals surface area (Å²) in [6.45, 7) is 3.70. The number of carboxylic acids is 1. The molecule has 1 rings (SSSR count). The summed E-state index contributed by atoms with van der Waals surface area (Å²) < 4.78 is 0. The fourth-order valence-corrected chi connectivity index (χ4v) is 2.10. The number of rotatable bonds is 5. The normalized spacial score (nSPS) is 20.4. The molecule has 1 aliphatic rings. The lowest BCUT2D eigenvalue weighted by Crippen LogP contribution is -2.56. The van der Waals surface area contributed by atoms with Gasteiger partial charge in [0.1, 0.15) is 12.1 Å². The highest BCUT2D eigenvalue weighted by atomic mass is 16.4.